The van der Waals surface area contributed by atoms with Crippen LogP contribution in [0.25, 0.3) is 0 Å². The summed E-state index contributed by atoms with van der Waals surface area (Å²) in [7, 11) is 1.66. The maximum atomic E-state index is 12.8. The monoisotopic (exact) mass is 318 g/mol. The molecule has 126 valence electrons. The van der Waals surface area contributed by atoms with Crippen LogP contribution in [0.5, 0.6) is 0 Å². The fourth-order valence-electron chi connectivity index (χ4n) is 2.80. The smallest absolute Gasteiger partial charge is 0.242 e. The van der Waals surface area contributed by atoms with Gasteiger partial charge in [0.1, 0.15) is 0 Å². The summed E-state index contributed by atoms with van der Waals surface area (Å²) in [5.41, 5.74) is 0.878. The molecule has 1 aromatic heterocycles. The van der Waals surface area contributed by atoms with E-state index in [2.05, 4.69) is 10.3 Å². The normalized spacial score (nSPS) is 18.1. The molecule has 2 rings (SSSR count). The molecule has 1 N–H and O–H groups in total. The number of pyridine rings is 1. The second-order valence-electron chi connectivity index (χ2n) is 6.05. The van der Waals surface area contributed by atoms with Gasteiger partial charge in [0, 0.05) is 26.2 Å². The van der Waals surface area contributed by atoms with E-state index in [-0.39, 0.29) is 24.4 Å². The molecule has 1 unspecified atom stereocenters. The molecule has 1 fully saturated rings. The Bertz CT molecular complexity index is 513. The number of amides is 2. The zero-order valence-electron chi connectivity index (χ0n) is 14.0. The van der Waals surface area contributed by atoms with E-state index in [0.717, 1.165) is 38.0 Å². The number of likely N-dealkylation sites (N-methyl/N-ethyl adjacent to an activating group) is 1. The number of nitrogens with zero attached hydrogens (tertiary/aromatic N) is 3. The molecule has 1 aliphatic heterocycles. The van der Waals surface area contributed by atoms with Crippen molar-refractivity contribution in [3.8, 4) is 0 Å². The predicted molar refractivity (Wildman–Crippen MR) is 88.6 cm³/mol. The average molecular weight is 318 g/mol. The van der Waals surface area contributed by atoms with E-state index in [1.54, 1.807) is 13.2 Å². The molecular formula is C17H26N4O2. The Kier molecular flexibility index (Phi) is 6.52. The first-order valence-corrected chi connectivity index (χ1v) is 8.19. The van der Waals surface area contributed by atoms with Crippen LogP contribution in [0.15, 0.2) is 24.4 Å². The second kappa shape index (κ2) is 8.62. The molecule has 1 saturated heterocycles. The van der Waals surface area contributed by atoms with Gasteiger partial charge in [0.05, 0.1) is 18.8 Å². The maximum Gasteiger partial charge on any atom is 0.242 e. The number of aromatic nitrogens is 1. The van der Waals surface area contributed by atoms with Crippen molar-refractivity contribution in [2.75, 3.05) is 26.7 Å². The number of carbonyl (C=O) groups is 2. The highest BCUT2D eigenvalue weighted by Gasteiger charge is 2.26. The lowest BCUT2D eigenvalue weighted by atomic mass is 10.1. The fourth-order valence-corrected chi connectivity index (χ4v) is 2.80. The summed E-state index contributed by atoms with van der Waals surface area (Å²) in [4.78, 5) is 31.9. The number of nitrogens with one attached hydrogen (secondary N) is 1. The zero-order valence-corrected chi connectivity index (χ0v) is 14.0. The van der Waals surface area contributed by atoms with E-state index >= 15 is 0 Å². The van der Waals surface area contributed by atoms with Crippen LogP contribution < -0.4 is 5.32 Å². The van der Waals surface area contributed by atoms with Crippen molar-refractivity contribution in [1.82, 2.24) is 20.1 Å². The zero-order chi connectivity index (χ0) is 16.7. The Labute approximate surface area is 137 Å². The van der Waals surface area contributed by atoms with Gasteiger partial charge < -0.3 is 15.1 Å². The Morgan fingerprint density at radius 2 is 2.13 bits per heavy atom. The van der Waals surface area contributed by atoms with Gasteiger partial charge in [-0.25, -0.2) is 0 Å². The van der Waals surface area contributed by atoms with Crippen LogP contribution >= 0.6 is 0 Å². The van der Waals surface area contributed by atoms with E-state index < -0.39 is 0 Å². The largest absolute Gasteiger partial charge is 0.337 e. The van der Waals surface area contributed by atoms with Crippen LogP contribution in [-0.2, 0) is 16.1 Å². The lowest BCUT2D eigenvalue weighted by Gasteiger charge is -2.32. The number of hydrogen-bond donors (Lipinski definition) is 1. The summed E-state index contributed by atoms with van der Waals surface area (Å²) in [6.07, 6.45) is 4.71. The molecular weight excluding hydrogens is 292 g/mol. The van der Waals surface area contributed by atoms with Gasteiger partial charge in [0.25, 0.3) is 0 Å². The lowest BCUT2D eigenvalue weighted by molar-refractivity contribution is -0.140. The van der Waals surface area contributed by atoms with Crippen LogP contribution in [0, 0.1) is 0 Å². The van der Waals surface area contributed by atoms with E-state index in [1.807, 2.05) is 23.1 Å². The molecule has 1 aliphatic rings. The van der Waals surface area contributed by atoms with Crippen LogP contribution in [0.2, 0.25) is 0 Å². The molecule has 2 heterocycles. The van der Waals surface area contributed by atoms with Gasteiger partial charge in [0.15, 0.2) is 0 Å². The van der Waals surface area contributed by atoms with Crippen LogP contribution in [0.4, 0.5) is 0 Å². The van der Waals surface area contributed by atoms with Crippen molar-refractivity contribution in [2.24, 2.45) is 0 Å². The minimum Gasteiger partial charge on any atom is -0.337 e. The molecule has 0 spiro atoms. The Balaban J connectivity index is 2.12. The van der Waals surface area contributed by atoms with Gasteiger partial charge in [-0.05, 0) is 44.5 Å². The summed E-state index contributed by atoms with van der Waals surface area (Å²) < 4.78 is 0. The van der Waals surface area contributed by atoms with Crippen molar-refractivity contribution in [3.63, 3.8) is 0 Å². The molecule has 0 saturated carbocycles. The summed E-state index contributed by atoms with van der Waals surface area (Å²) in [5, 5.41) is 3.38. The third-order valence-corrected chi connectivity index (χ3v) is 4.27. The Morgan fingerprint density at radius 3 is 2.83 bits per heavy atom. The quantitative estimate of drug-likeness (QED) is 0.881. The summed E-state index contributed by atoms with van der Waals surface area (Å²) >= 11 is 0. The van der Waals surface area contributed by atoms with Gasteiger partial charge in [-0.3, -0.25) is 14.6 Å². The molecule has 6 nitrogen and oxygen atoms in total. The number of rotatable bonds is 5. The number of carbonyl (C=O) groups excluding carboxylic acids is 2. The lowest BCUT2D eigenvalue weighted by Crippen LogP contribution is -2.45. The maximum absolute atomic E-state index is 12.8. The summed E-state index contributed by atoms with van der Waals surface area (Å²) in [5.74, 6) is -0.112. The molecule has 0 aliphatic carbocycles. The molecule has 6 heteroatoms. The topological polar surface area (TPSA) is 65.5 Å². The van der Waals surface area contributed by atoms with Crippen LogP contribution in [0.1, 0.15) is 31.9 Å². The number of hydrogen-bond acceptors (Lipinski definition) is 4. The van der Waals surface area contributed by atoms with Crippen LogP contribution in [-0.4, -0.2) is 59.3 Å². The van der Waals surface area contributed by atoms with Gasteiger partial charge in [-0.15, -0.1) is 0 Å². The first-order chi connectivity index (χ1) is 11.1. The summed E-state index contributed by atoms with van der Waals surface area (Å²) in [6, 6.07) is 5.93. The van der Waals surface area contributed by atoms with Gasteiger partial charge >= 0.3 is 0 Å². The van der Waals surface area contributed by atoms with E-state index in [4.69, 9.17) is 0 Å². The standard InChI is InChI=1S/C17H26N4O2/c1-14(22)20(2)13-17(23)21(12-15-6-3-4-10-19-15)16-7-5-9-18-11-8-16/h3-4,6,10,16,18H,5,7-9,11-13H2,1-2H3. The Hall–Kier alpha value is -1.95. The minimum atomic E-state index is -0.0985. The molecule has 0 radical (unpaired) electrons. The molecule has 1 aromatic rings. The van der Waals surface area contributed by atoms with Crippen molar-refractivity contribution in [1.29, 1.82) is 0 Å². The third kappa shape index (κ3) is 5.32. The van der Waals surface area contributed by atoms with Gasteiger partial charge in [0.2, 0.25) is 11.8 Å². The molecule has 0 aromatic carbocycles. The molecule has 2 amide bonds. The molecule has 1 atom stereocenters. The SMILES string of the molecule is CC(=O)N(C)CC(=O)N(Cc1ccccn1)C1CCCNCC1. The first-order valence-electron chi connectivity index (χ1n) is 8.19. The highest BCUT2D eigenvalue weighted by molar-refractivity contribution is 5.83. The van der Waals surface area contributed by atoms with Crippen molar-refractivity contribution >= 4 is 11.8 Å². The van der Waals surface area contributed by atoms with Gasteiger partial charge in [-0.2, -0.15) is 0 Å². The minimum absolute atomic E-state index is 0.0137. The van der Waals surface area contributed by atoms with E-state index in [1.165, 1.54) is 11.8 Å². The highest BCUT2D eigenvalue weighted by Crippen LogP contribution is 2.17. The van der Waals surface area contributed by atoms with Crippen LogP contribution in [0.3, 0.4) is 0 Å². The molecule has 23 heavy (non-hydrogen) atoms. The highest BCUT2D eigenvalue weighted by atomic mass is 16.2. The fraction of sp³-hybridized carbons (Fsp3) is 0.588. The third-order valence-electron chi connectivity index (χ3n) is 4.27. The van der Waals surface area contributed by atoms with Crippen molar-refractivity contribution in [3.05, 3.63) is 30.1 Å². The second-order valence-corrected chi connectivity index (χ2v) is 6.05. The van der Waals surface area contributed by atoms with E-state index in [0.29, 0.717) is 6.54 Å². The summed E-state index contributed by atoms with van der Waals surface area (Å²) in [6.45, 7) is 4.00. The van der Waals surface area contributed by atoms with Gasteiger partial charge in [-0.1, -0.05) is 6.07 Å². The average Bonchev–Trinajstić information content (AvgIpc) is 2.82. The Morgan fingerprint density at radius 1 is 1.30 bits per heavy atom. The predicted octanol–water partition coefficient (Wildman–Crippen LogP) is 1.03. The first kappa shape index (κ1) is 17.4. The van der Waals surface area contributed by atoms with E-state index in [9.17, 15) is 9.59 Å². The van der Waals surface area contributed by atoms with Crippen molar-refractivity contribution in [2.45, 2.75) is 38.8 Å². The molecule has 0 bridgehead atoms. The van der Waals surface area contributed by atoms with Crippen molar-refractivity contribution < 1.29 is 9.59 Å².